The van der Waals surface area contributed by atoms with Crippen molar-refractivity contribution >= 4 is 41.1 Å². The third kappa shape index (κ3) is 7.50. The van der Waals surface area contributed by atoms with Crippen LogP contribution in [0, 0.1) is 20.8 Å². The summed E-state index contributed by atoms with van der Waals surface area (Å²) in [6.45, 7) is 5.59. The zero-order valence-electron chi connectivity index (χ0n) is 18.6. The molecule has 33 heavy (non-hydrogen) atoms. The number of carbonyl (C=O) groups excluding carboxylic acids is 3. The summed E-state index contributed by atoms with van der Waals surface area (Å²) < 4.78 is 10.4. The standard InChI is InChI=1S/C24H25N3O5S/c1-15-9-16(2)11-19(10-15)25-24(30)23(18-7-5-4-6-8-18)31-22(29)14-33-13-21(28)26-20-12-17(3)32-27-20/h4-12,23H,13-14H2,1-3H3,(H,25,30)(H,26,27,28). The molecular weight excluding hydrogens is 442 g/mol. The van der Waals surface area contributed by atoms with Crippen LogP contribution in [0.25, 0.3) is 0 Å². The van der Waals surface area contributed by atoms with Gasteiger partial charge in [-0.3, -0.25) is 14.4 Å². The van der Waals surface area contributed by atoms with Crippen LogP contribution < -0.4 is 10.6 Å². The van der Waals surface area contributed by atoms with E-state index >= 15 is 0 Å². The normalized spacial score (nSPS) is 11.5. The molecule has 3 rings (SSSR count). The molecule has 0 bridgehead atoms. The van der Waals surface area contributed by atoms with E-state index in [4.69, 9.17) is 9.26 Å². The van der Waals surface area contributed by atoms with Gasteiger partial charge in [0, 0.05) is 17.3 Å². The molecule has 172 valence electrons. The van der Waals surface area contributed by atoms with Gasteiger partial charge >= 0.3 is 5.97 Å². The van der Waals surface area contributed by atoms with Gasteiger partial charge in [-0.05, 0) is 44.0 Å². The zero-order valence-corrected chi connectivity index (χ0v) is 19.4. The molecule has 0 aliphatic carbocycles. The number of carbonyl (C=O) groups is 3. The molecule has 9 heteroatoms. The molecule has 0 aliphatic heterocycles. The van der Waals surface area contributed by atoms with E-state index in [1.54, 1.807) is 37.3 Å². The number of ether oxygens (including phenoxy) is 1. The summed E-state index contributed by atoms with van der Waals surface area (Å²) in [5.74, 6) is -0.566. The predicted molar refractivity (Wildman–Crippen MR) is 127 cm³/mol. The van der Waals surface area contributed by atoms with Gasteiger partial charge in [-0.1, -0.05) is 41.6 Å². The van der Waals surface area contributed by atoms with Gasteiger partial charge in [-0.15, -0.1) is 11.8 Å². The molecule has 3 aromatic rings. The first-order chi connectivity index (χ1) is 15.8. The Morgan fingerprint density at radius 2 is 1.67 bits per heavy atom. The van der Waals surface area contributed by atoms with E-state index in [0.717, 1.165) is 22.9 Å². The number of rotatable bonds is 9. The Kier molecular flexibility index (Phi) is 8.26. The van der Waals surface area contributed by atoms with Crippen molar-refractivity contribution in [2.75, 3.05) is 22.1 Å². The lowest BCUT2D eigenvalue weighted by Crippen LogP contribution is -2.27. The van der Waals surface area contributed by atoms with Gasteiger partial charge in [0.2, 0.25) is 12.0 Å². The molecule has 8 nitrogen and oxygen atoms in total. The summed E-state index contributed by atoms with van der Waals surface area (Å²) >= 11 is 1.08. The third-order valence-corrected chi connectivity index (χ3v) is 5.33. The van der Waals surface area contributed by atoms with E-state index in [0.29, 0.717) is 22.8 Å². The van der Waals surface area contributed by atoms with Gasteiger partial charge in [0.15, 0.2) is 5.82 Å². The number of hydrogen-bond donors (Lipinski definition) is 2. The Balaban J connectivity index is 1.58. The lowest BCUT2D eigenvalue weighted by Gasteiger charge is -2.18. The minimum Gasteiger partial charge on any atom is -0.447 e. The van der Waals surface area contributed by atoms with Crippen molar-refractivity contribution in [1.82, 2.24) is 5.16 Å². The second kappa shape index (κ2) is 11.3. The smallest absolute Gasteiger partial charge is 0.317 e. The number of benzene rings is 2. The maximum atomic E-state index is 13.0. The SMILES string of the molecule is Cc1cc(C)cc(NC(=O)C(OC(=O)CSCC(=O)Nc2cc(C)on2)c2ccccc2)c1. The molecule has 0 saturated carbocycles. The maximum absolute atomic E-state index is 13.0. The predicted octanol–water partition coefficient (Wildman–Crippen LogP) is 4.19. The fraction of sp³-hybridized carbons (Fsp3) is 0.250. The number of aryl methyl sites for hydroxylation is 3. The number of amides is 2. The number of anilines is 2. The number of nitrogens with zero attached hydrogens (tertiary/aromatic N) is 1. The molecule has 2 amide bonds. The van der Waals surface area contributed by atoms with E-state index in [1.807, 2.05) is 38.1 Å². The molecule has 2 aromatic carbocycles. The van der Waals surface area contributed by atoms with Crippen molar-refractivity contribution in [2.45, 2.75) is 26.9 Å². The summed E-state index contributed by atoms with van der Waals surface area (Å²) in [4.78, 5) is 37.4. The minimum atomic E-state index is -1.12. The molecule has 0 spiro atoms. The van der Waals surface area contributed by atoms with Crippen LogP contribution in [0.2, 0.25) is 0 Å². The largest absolute Gasteiger partial charge is 0.447 e. The second-order valence-corrected chi connectivity index (χ2v) is 8.50. The first kappa shape index (κ1) is 24.1. The second-order valence-electron chi connectivity index (χ2n) is 7.51. The summed E-state index contributed by atoms with van der Waals surface area (Å²) in [6.07, 6.45) is -1.12. The summed E-state index contributed by atoms with van der Waals surface area (Å²) in [6, 6.07) is 16.1. The lowest BCUT2D eigenvalue weighted by molar-refractivity contribution is -0.152. The molecule has 1 unspecified atom stereocenters. The Morgan fingerprint density at radius 3 is 2.30 bits per heavy atom. The first-order valence-electron chi connectivity index (χ1n) is 10.2. The van der Waals surface area contributed by atoms with Gasteiger partial charge in [-0.25, -0.2) is 0 Å². The van der Waals surface area contributed by atoms with Crippen LogP contribution in [0.1, 0.15) is 28.6 Å². The average molecular weight is 468 g/mol. The van der Waals surface area contributed by atoms with E-state index in [2.05, 4.69) is 15.8 Å². The van der Waals surface area contributed by atoms with Crippen molar-refractivity contribution in [1.29, 1.82) is 0 Å². The number of hydrogen-bond acceptors (Lipinski definition) is 7. The zero-order chi connectivity index (χ0) is 23.8. The van der Waals surface area contributed by atoms with E-state index in [-0.39, 0.29) is 17.4 Å². The molecule has 0 saturated heterocycles. The quantitative estimate of drug-likeness (QED) is 0.454. The van der Waals surface area contributed by atoms with Gasteiger partial charge in [-0.2, -0.15) is 0 Å². The van der Waals surface area contributed by atoms with Crippen molar-refractivity contribution in [2.24, 2.45) is 0 Å². The summed E-state index contributed by atoms with van der Waals surface area (Å²) in [5, 5.41) is 9.09. The topological polar surface area (TPSA) is 111 Å². The van der Waals surface area contributed by atoms with Crippen molar-refractivity contribution in [3.05, 3.63) is 77.0 Å². The van der Waals surface area contributed by atoms with Crippen molar-refractivity contribution in [3.8, 4) is 0 Å². The van der Waals surface area contributed by atoms with Crippen LogP contribution in [-0.2, 0) is 19.1 Å². The van der Waals surface area contributed by atoms with Crippen LogP contribution in [0.15, 0.2) is 59.1 Å². The minimum absolute atomic E-state index is 0.0196. The van der Waals surface area contributed by atoms with Crippen LogP contribution in [0.3, 0.4) is 0 Å². The number of aromatic nitrogens is 1. The molecule has 1 heterocycles. The van der Waals surface area contributed by atoms with Crippen LogP contribution in [0.4, 0.5) is 11.5 Å². The molecule has 1 atom stereocenters. The molecule has 2 N–H and O–H groups in total. The van der Waals surface area contributed by atoms with E-state index in [1.165, 1.54) is 0 Å². The lowest BCUT2D eigenvalue weighted by atomic mass is 10.1. The highest BCUT2D eigenvalue weighted by molar-refractivity contribution is 8.00. The summed E-state index contributed by atoms with van der Waals surface area (Å²) in [7, 11) is 0. The highest BCUT2D eigenvalue weighted by Gasteiger charge is 2.25. The van der Waals surface area contributed by atoms with Crippen molar-refractivity contribution < 1.29 is 23.6 Å². The van der Waals surface area contributed by atoms with E-state index in [9.17, 15) is 14.4 Å². The van der Waals surface area contributed by atoms with Crippen LogP contribution >= 0.6 is 11.8 Å². The van der Waals surface area contributed by atoms with Crippen molar-refractivity contribution in [3.63, 3.8) is 0 Å². The Morgan fingerprint density at radius 1 is 0.970 bits per heavy atom. The van der Waals surface area contributed by atoms with Gasteiger partial charge in [0.1, 0.15) is 5.76 Å². The van der Waals surface area contributed by atoms with Gasteiger partial charge in [0.05, 0.1) is 11.5 Å². The van der Waals surface area contributed by atoms with Crippen LogP contribution in [0.5, 0.6) is 0 Å². The third-order valence-electron chi connectivity index (χ3n) is 4.43. The van der Waals surface area contributed by atoms with E-state index < -0.39 is 18.0 Å². The van der Waals surface area contributed by atoms with Gasteiger partial charge < -0.3 is 19.9 Å². The number of esters is 1. The molecule has 0 fully saturated rings. The first-order valence-corrected chi connectivity index (χ1v) is 11.4. The Hall–Kier alpha value is -3.59. The highest BCUT2D eigenvalue weighted by atomic mass is 32.2. The molecule has 0 aliphatic rings. The average Bonchev–Trinajstić information content (AvgIpc) is 3.16. The van der Waals surface area contributed by atoms with Crippen LogP contribution in [-0.4, -0.2) is 34.4 Å². The number of thioether (sulfide) groups is 1. The fourth-order valence-corrected chi connectivity index (χ4v) is 3.75. The molecule has 0 radical (unpaired) electrons. The fourth-order valence-electron chi connectivity index (χ4n) is 3.15. The molecular formula is C24H25N3O5S. The number of nitrogens with one attached hydrogen (secondary N) is 2. The summed E-state index contributed by atoms with van der Waals surface area (Å²) in [5.41, 5.74) is 3.20. The Labute approximate surface area is 196 Å². The Bertz CT molecular complexity index is 1110. The highest BCUT2D eigenvalue weighted by Crippen LogP contribution is 2.22. The monoisotopic (exact) mass is 467 g/mol. The maximum Gasteiger partial charge on any atom is 0.317 e. The molecule has 1 aromatic heterocycles. The van der Waals surface area contributed by atoms with Gasteiger partial charge in [0.25, 0.3) is 5.91 Å².